The summed E-state index contributed by atoms with van der Waals surface area (Å²) in [6.45, 7) is -1.16. The lowest BCUT2D eigenvalue weighted by Gasteiger charge is -2.13. The van der Waals surface area contributed by atoms with Gasteiger partial charge in [0.25, 0.3) is 10.2 Å². The molecule has 12 nitrogen and oxygen atoms in total. The number of carboxylic acid groups (broad SMARTS) is 1. The number of hydrogen-bond donors (Lipinski definition) is 2. The zero-order valence-electron chi connectivity index (χ0n) is 10.2. The molecule has 0 aromatic carbocycles. The van der Waals surface area contributed by atoms with Crippen LogP contribution in [0.3, 0.4) is 0 Å². The van der Waals surface area contributed by atoms with Crippen molar-refractivity contribution in [2.75, 3.05) is 13.2 Å². The Hall–Kier alpha value is -2.66. The third-order valence-corrected chi connectivity index (χ3v) is 1.97. The van der Waals surface area contributed by atoms with Gasteiger partial charge in [-0.2, -0.15) is 0 Å². The number of aliphatic carboxylic acids is 1. The molecule has 0 spiro atoms. The van der Waals surface area contributed by atoms with Gasteiger partial charge in [0.2, 0.25) is 5.91 Å². The minimum absolute atomic E-state index is 0.0324. The smallest absolute Gasteiger partial charge is 0.322 e. The molecule has 0 aliphatic carbocycles. The molecule has 0 saturated carbocycles. The normalized spacial score (nSPS) is 11.2. The Morgan fingerprint density at radius 2 is 1.90 bits per heavy atom. The van der Waals surface area contributed by atoms with E-state index in [0.717, 1.165) is 0 Å². The number of nitrogens with one attached hydrogen (secondary N) is 1. The van der Waals surface area contributed by atoms with E-state index < -0.39 is 41.3 Å². The maximum Gasteiger partial charge on any atom is 0.322 e. The molecule has 0 aromatic heterocycles. The number of carbonyl (C=O) groups is 2. The second-order valence-electron chi connectivity index (χ2n) is 3.53. The molecule has 1 amide bonds. The molecule has 12 heteroatoms. The quantitative estimate of drug-likeness (QED) is 0.363. The van der Waals surface area contributed by atoms with Crippen LogP contribution in [-0.2, 0) is 19.3 Å². The largest absolute Gasteiger partial charge is 0.480 e. The molecule has 0 rings (SSSR count). The van der Waals surface area contributed by atoms with Gasteiger partial charge in [0, 0.05) is 6.42 Å². The second kappa shape index (κ2) is 9.29. The highest BCUT2D eigenvalue weighted by atomic mass is 17.0. The van der Waals surface area contributed by atoms with E-state index in [0.29, 0.717) is 0 Å². The van der Waals surface area contributed by atoms with Gasteiger partial charge >= 0.3 is 5.97 Å². The Balaban J connectivity index is 3.99. The third-order valence-electron chi connectivity index (χ3n) is 1.97. The van der Waals surface area contributed by atoms with Crippen molar-refractivity contribution in [3.05, 3.63) is 20.2 Å². The van der Waals surface area contributed by atoms with Crippen LogP contribution >= 0.6 is 0 Å². The third kappa shape index (κ3) is 10.5. The summed E-state index contributed by atoms with van der Waals surface area (Å²) in [6.07, 6.45) is -1.19. The topological polar surface area (TPSA) is 171 Å². The van der Waals surface area contributed by atoms with E-state index in [9.17, 15) is 29.8 Å². The molecule has 0 radical (unpaired) electrons. The van der Waals surface area contributed by atoms with Crippen molar-refractivity contribution in [1.82, 2.24) is 5.32 Å². The first kappa shape index (κ1) is 17.3. The predicted molar refractivity (Wildman–Crippen MR) is 59.3 cm³/mol. The Morgan fingerprint density at radius 3 is 2.40 bits per heavy atom. The van der Waals surface area contributed by atoms with Crippen molar-refractivity contribution >= 4 is 11.9 Å². The summed E-state index contributed by atoms with van der Waals surface area (Å²) in [5.41, 5.74) is 0. The van der Waals surface area contributed by atoms with Crippen LogP contribution in [-0.4, -0.2) is 46.4 Å². The van der Waals surface area contributed by atoms with Gasteiger partial charge in [0.15, 0.2) is 0 Å². The molecular weight excluding hydrogens is 282 g/mol. The van der Waals surface area contributed by atoms with E-state index in [-0.39, 0.29) is 19.3 Å². The van der Waals surface area contributed by atoms with Crippen molar-refractivity contribution in [3.8, 4) is 0 Å². The average molecular weight is 295 g/mol. The predicted octanol–water partition coefficient (Wildman–Crippen LogP) is -0.857. The molecule has 0 fully saturated rings. The molecule has 0 aliphatic heterocycles. The van der Waals surface area contributed by atoms with Crippen molar-refractivity contribution in [3.63, 3.8) is 0 Å². The lowest BCUT2D eigenvalue weighted by molar-refractivity contribution is -0.790. The van der Waals surface area contributed by atoms with E-state index in [4.69, 9.17) is 5.11 Å². The highest BCUT2D eigenvalue weighted by molar-refractivity contribution is 5.80. The van der Waals surface area contributed by atoms with Gasteiger partial charge < -0.3 is 20.1 Å². The lowest BCUT2D eigenvalue weighted by Crippen LogP contribution is -2.29. The van der Waals surface area contributed by atoms with Crippen LogP contribution in [0.15, 0.2) is 0 Å². The van der Waals surface area contributed by atoms with E-state index >= 15 is 0 Å². The fraction of sp³-hybridized carbons (Fsp3) is 0.750. The molecule has 1 atom stereocenters. The van der Waals surface area contributed by atoms with Gasteiger partial charge in [-0.15, -0.1) is 20.2 Å². The first-order valence-electron chi connectivity index (χ1n) is 5.38. The molecule has 1 unspecified atom stereocenters. The summed E-state index contributed by atoms with van der Waals surface area (Å²) in [5, 5.41) is 28.3. The fourth-order valence-corrected chi connectivity index (χ4v) is 1.19. The molecule has 0 aliphatic rings. The van der Waals surface area contributed by atoms with Crippen LogP contribution in [0.1, 0.15) is 19.3 Å². The number of hydrogen-bond acceptors (Lipinski definition) is 8. The SMILES string of the molecule is O=C(O)CNC(=O)CCCC(CO[N+](=O)[O-])O[N+](=O)[O-]. The molecule has 0 bridgehead atoms. The molecular formula is C8H13N3O9. The second-order valence-corrected chi connectivity index (χ2v) is 3.53. The van der Waals surface area contributed by atoms with Gasteiger partial charge in [-0.1, -0.05) is 0 Å². The van der Waals surface area contributed by atoms with E-state index in [2.05, 4.69) is 15.0 Å². The van der Waals surface area contributed by atoms with Crippen LogP contribution in [0.4, 0.5) is 0 Å². The fourth-order valence-electron chi connectivity index (χ4n) is 1.19. The Bertz CT molecular complexity index is 372. The summed E-state index contributed by atoms with van der Waals surface area (Å²) in [5.74, 6) is -1.75. The number of nitrogens with zero attached hydrogens (tertiary/aromatic N) is 2. The van der Waals surface area contributed by atoms with Crippen LogP contribution in [0, 0.1) is 20.2 Å². The summed E-state index contributed by atoms with van der Waals surface area (Å²) in [7, 11) is 0. The van der Waals surface area contributed by atoms with Crippen LogP contribution in [0.2, 0.25) is 0 Å². The zero-order valence-corrected chi connectivity index (χ0v) is 10.2. The lowest BCUT2D eigenvalue weighted by atomic mass is 10.1. The van der Waals surface area contributed by atoms with E-state index in [1.54, 1.807) is 0 Å². The molecule has 0 aromatic rings. The van der Waals surface area contributed by atoms with Gasteiger partial charge in [0.1, 0.15) is 19.3 Å². The minimum atomic E-state index is -1.20. The molecule has 114 valence electrons. The number of rotatable bonds is 11. The van der Waals surface area contributed by atoms with Crippen molar-refractivity contribution < 1.29 is 34.5 Å². The minimum Gasteiger partial charge on any atom is -0.480 e. The summed E-state index contributed by atoms with van der Waals surface area (Å²) in [6, 6.07) is 0. The van der Waals surface area contributed by atoms with Crippen LogP contribution in [0.25, 0.3) is 0 Å². The molecule has 0 heterocycles. The first-order valence-corrected chi connectivity index (χ1v) is 5.38. The molecule has 2 N–H and O–H groups in total. The van der Waals surface area contributed by atoms with Crippen LogP contribution < -0.4 is 5.32 Å². The van der Waals surface area contributed by atoms with Crippen LogP contribution in [0.5, 0.6) is 0 Å². The first-order chi connectivity index (χ1) is 9.31. The van der Waals surface area contributed by atoms with E-state index in [1.165, 1.54) is 0 Å². The van der Waals surface area contributed by atoms with Gasteiger partial charge in [-0.25, -0.2) is 0 Å². The zero-order chi connectivity index (χ0) is 15.5. The highest BCUT2D eigenvalue weighted by Gasteiger charge is 2.16. The van der Waals surface area contributed by atoms with Gasteiger partial charge in [-0.3, -0.25) is 9.59 Å². The van der Waals surface area contributed by atoms with Gasteiger partial charge in [0.05, 0.1) is 0 Å². The Kier molecular flexibility index (Phi) is 8.06. The Labute approximate surface area is 111 Å². The van der Waals surface area contributed by atoms with Gasteiger partial charge in [-0.05, 0) is 12.8 Å². The summed E-state index contributed by atoms with van der Waals surface area (Å²) >= 11 is 0. The standard InChI is InChI=1S/C8H13N3O9/c12-7(9-4-8(13)14)3-1-2-6(20-11(17)18)5-19-10(15)16/h6H,1-5H2,(H,9,12)(H,13,14). The molecule has 0 saturated heterocycles. The average Bonchev–Trinajstić information content (AvgIpc) is 2.32. The Morgan fingerprint density at radius 1 is 1.25 bits per heavy atom. The van der Waals surface area contributed by atoms with Crippen molar-refractivity contribution in [1.29, 1.82) is 0 Å². The van der Waals surface area contributed by atoms with Crippen molar-refractivity contribution in [2.45, 2.75) is 25.4 Å². The number of carboxylic acids is 1. The monoisotopic (exact) mass is 295 g/mol. The summed E-state index contributed by atoms with van der Waals surface area (Å²) < 4.78 is 0. The number of amides is 1. The maximum absolute atomic E-state index is 11.1. The highest BCUT2D eigenvalue weighted by Crippen LogP contribution is 2.06. The molecule has 20 heavy (non-hydrogen) atoms. The number of carbonyl (C=O) groups excluding carboxylic acids is 1. The summed E-state index contributed by atoms with van der Waals surface area (Å²) in [4.78, 5) is 49.5. The van der Waals surface area contributed by atoms with E-state index in [1.807, 2.05) is 0 Å². The van der Waals surface area contributed by atoms with Crippen molar-refractivity contribution in [2.24, 2.45) is 0 Å². The maximum atomic E-state index is 11.1.